The van der Waals surface area contributed by atoms with Gasteiger partial charge in [0.2, 0.25) is 5.13 Å². The minimum absolute atomic E-state index is 0.102. The Morgan fingerprint density at radius 2 is 2.00 bits per heavy atom. The van der Waals surface area contributed by atoms with Crippen molar-refractivity contribution in [2.75, 3.05) is 29.5 Å². The standard InChI is InChI=1S/C10H10N4O3S3/c15-14(16)8-2-1-7(18-8)9-11-12-10(19-9)13-3-5-20(17)6-4-13/h1-2H,3-6H2. The third-order valence-corrected chi connectivity index (χ3v) is 6.31. The summed E-state index contributed by atoms with van der Waals surface area (Å²) in [6, 6.07) is 3.17. The van der Waals surface area contributed by atoms with Gasteiger partial charge in [0, 0.05) is 41.5 Å². The Morgan fingerprint density at radius 3 is 2.65 bits per heavy atom. The van der Waals surface area contributed by atoms with Crippen LogP contribution in [0.4, 0.5) is 10.1 Å². The van der Waals surface area contributed by atoms with Gasteiger partial charge < -0.3 is 4.90 Å². The molecule has 0 unspecified atom stereocenters. The summed E-state index contributed by atoms with van der Waals surface area (Å²) in [5, 5.41) is 20.5. The van der Waals surface area contributed by atoms with E-state index < -0.39 is 15.7 Å². The van der Waals surface area contributed by atoms with Crippen LogP contribution in [-0.2, 0) is 10.8 Å². The smallest absolute Gasteiger partial charge is 0.324 e. The van der Waals surface area contributed by atoms with E-state index in [2.05, 4.69) is 15.1 Å². The summed E-state index contributed by atoms with van der Waals surface area (Å²) in [4.78, 5) is 13.1. The minimum Gasteiger partial charge on any atom is -0.345 e. The minimum atomic E-state index is -0.724. The van der Waals surface area contributed by atoms with Crippen molar-refractivity contribution in [3.8, 4) is 9.88 Å². The lowest BCUT2D eigenvalue weighted by atomic mass is 10.5. The summed E-state index contributed by atoms with van der Waals surface area (Å²) in [6.07, 6.45) is 0. The van der Waals surface area contributed by atoms with E-state index in [0.717, 1.165) is 21.3 Å². The molecule has 0 saturated carbocycles. The Kier molecular flexibility index (Phi) is 3.76. The topological polar surface area (TPSA) is 89.2 Å². The third-order valence-electron chi connectivity index (χ3n) is 2.85. The molecule has 7 nitrogen and oxygen atoms in total. The maximum atomic E-state index is 11.3. The van der Waals surface area contributed by atoms with Gasteiger partial charge in [-0.2, -0.15) is 0 Å². The number of aromatic nitrogens is 2. The fourth-order valence-electron chi connectivity index (χ4n) is 1.81. The molecule has 1 aliphatic rings. The maximum Gasteiger partial charge on any atom is 0.324 e. The largest absolute Gasteiger partial charge is 0.345 e. The first-order valence-corrected chi connectivity index (χ1v) is 8.93. The van der Waals surface area contributed by atoms with E-state index in [-0.39, 0.29) is 5.00 Å². The molecule has 106 valence electrons. The molecular formula is C10H10N4O3S3. The Hall–Kier alpha value is -1.39. The number of hydrogen-bond donors (Lipinski definition) is 0. The summed E-state index contributed by atoms with van der Waals surface area (Å²) in [6.45, 7) is 1.43. The fraction of sp³-hybridized carbons (Fsp3) is 0.400. The average molecular weight is 330 g/mol. The first-order valence-electron chi connectivity index (χ1n) is 5.81. The van der Waals surface area contributed by atoms with Gasteiger partial charge >= 0.3 is 5.00 Å². The highest BCUT2D eigenvalue weighted by atomic mass is 32.2. The monoisotopic (exact) mass is 330 g/mol. The first kappa shape index (κ1) is 13.6. The van der Waals surface area contributed by atoms with Crippen LogP contribution in [-0.4, -0.2) is 43.9 Å². The van der Waals surface area contributed by atoms with Gasteiger partial charge in [0.1, 0.15) is 0 Å². The zero-order valence-corrected chi connectivity index (χ0v) is 12.7. The second-order valence-electron chi connectivity index (χ2n) is 4.12. The predicted octanol–water partition coefficient (Wildman–Crippen LogP) is 1.74. The van der Waals surface area contributed by atoms with Gasteiger partial charge in [-0.3, -0.25) is 14.3 Å². The molecule has 1 saturated heterocycles. The molecule has 0 atom stereocenters. The molecule has 2 aromatic heterocycles. The summed E-state index contributed by atoms with van der Waals surface area (Å²) in [5.41, 5.74) is 0. The van der Waals surface area contributed by atoms with Gasteiger partial charge in [0.05, 0.1) is 9.80 Å². The van der Waals surface area contributed by atoms with E-state index >= 15 is 0 Å². The van der Waals surface area contributed by atoms with E-state index in [0.29, 0.717) is 29.6 Å². The first-order chi connectivity index (χ1) is 9.63. The van der Waals surface area contributed by atoms with Crippen LogP contribution in [0.15, 0.2) is 12.1 Å². The molecule has 3 rings (SSSR count). The van der Waals surface area contributed by atoms with Crippen LogP contribution in [0.25, 0.3) is 9.88 Å². The zero-order valence-electron chi connectivity index (χ0n) is 10.2. The lowest BCUT2D eigenvalue weighted by Gasteiger charge is -2.24. The molecule has 0 radical (unpaired) electrons. The molecule has 0 bridgehead atoms. The van der Waals surface area contributed by atoms with E-state index in [1.165, 1.54) is 17.4 Å². The number of anilines is 1. The Bertz CT molecular complexity index is 658. The highest BCUT2D eigenvalue weighted by Gasteiger charge is 2.20. The Labute approximate surface area is 124 Å². The van der Waals surface area contributed by atoms with Crippen molar-refractivity contribution in [2.24, 2.45) is 0 Å². The molecule has 0 aliphatic carbocycles. The Morgan fingerprint density at radius 1 is 1.25 bits per heavy atom. The summed E-state index contributed by atoms with van der Waals surface area (Å²) in [5.74, 6) is 1.30. The van der Waals surface area contributed by atoms with Crippen LogP contribution in [0.3, 0.4) is 0 Å². The van der Waals surface area contributed by atoms with Crippen LogP contribution < -0.4 is 4.90 Å². The van der Waals surface area contributed by atoms with E-state index in [1.54, 1.807) is 6.07 Å². The van der Waals surface area contributed by atoms with Crippen LogP contribution in [0, 0.1) is 10.1 Å². The molecule has 10 heteroatoms. The molecule has 20 heavy (non-hydrogen) atoms. The fourth-order valence-corrected chi connectivity index (χ4v) is 4.63. The predicted molar refractivity (Wildman–Crippen MR) is 80.0 cm³/mol. The number of nitrogens with zero attached hydrogens (tertiary/aromatic N) is 4. The van der Waals surface area contributed by atoms with Crippen molar-refractivity contribution in [3.63, 3.8) is 0 Å². The second-order valence-corrected chi connectivity index (χ2v) is 7.83. The summed E-state index contributed by atoms with van der Waals surface area (Å²) >= 11 is 2.51. The van der Waals surface area contributed by atoms with Crippen molar-refractivity contribution >= 4 is 43.6 Å². The number of thiophene rings is 1. The molecule has 0 amide bonds. The van der Waals surface area contributed by atoms with E-state index in [9.17, 15) is 14.3 Å². The molecule has 0 aromatic carbocycles. The van der Waals surface area contributed by atoms with Crippen LogP contribution in [0.5, 0.6) is 0 Å². The van der Waals surface area contributed by atoms with Crippen molar-refractivity contribution in [3.05, 3.63) is 22.2 Å². The SMILES string of the molecule is O=[N+]([O-])c1ccc(-c2nnc(N3CCS(=O)CC3)s2)s1. The van der Waals surface area contributed by atoms with Gasteiger partial charge in [-0.25, -0.2) is 0 Å². The van der Waals surface area contributed by atoms with Crippen molar-refractivity contribution < 1.29 is 9.13 Å². The second kappa shape index (κ2) is 5.54. The quantitative estimate of drug-likeness (QED) is 0.629. The molecule has 2 aromatic rings. The number of hydrogen-bond acceptors (Lipinski definition) is 8. The molecular weight excluding hydrogens is 320 g/mol. The number of nitro groups is 1. The molecule has 0 N–H and O–H groups in total. The van der Waals surface area contributed by atoms with Crippen LogP contribution in [0.2, 0.25) is 0 Å². The lowest BCUT2D eigenvalue weighted by molar-refractivity contribution is -0.380. The van der Waals surface area contributed by atoms with Crippen molar-refractivity contribution in [2.45, 2.75) is 0 Å². The molecule has 1 fully saturated rings. The number of rotatable bonds is 3. The normalized spacial score (nSPS) is 16.5. The molecule has 3 heterocycles. The molecule has 1 aliphatic heterocycles. The van der Waals surface area contributed by atoms with Gasteiger partial charge in [0.15, 0.2) is 5.01 Å². The highest BCUT2D eigenvalue weighted by molar-refractivity contribution is 7.85. The summed E-state index contributed by atoms with van der Waals surface area (Å²) < 4.78 is 11.3. The highest BCUT2D eigenvalue weighted by Crippen LogP contribution is 2.36. The van der Waals surface area contributed by atoms with Gasteiger partial charge in [0.25, 0.3) is 0 Å². The zero-order chi connectivity index (χ0) is 14.1. The van der Waals surface area contributed by atoms with Gasteiger partial charge in [-0.05, 0) is 6.07 Å². The van der Waals surface area contributed by atoms with E-state index in [1.807, 2.05) is 0 Å². The van der Waals surface area contributed by atoms with Crippen LogP contribution >= 0.6 is 22.7 Å². The van der Waals surface area contributed by atoms with Crippen molar-refractivity contribution in [1.82, 2.24) is 10.2 Å². The van der Waals surface area contributed by atoms with Crippen molar-refractivity contribution in [1.29, 1.82) is 0 Å². The van der Waals surface area contributed by atoms with Gasteiger partial charge in [-0.15, -0.1) is 10.2 Å². The lowest BCUT2D eigenvalue weighted by Crippen LogP contribution is -2.37. The Balaban J connectivity index is 1.79. The van der Waals surface area contributed by atoms with Crippen LogP contribution in [0.1, 0.15) is 0 Å². The van der Waals surface area contributed by atoms with E-state index in [4.69, 9.17) is 0 Å². The molecule has 0 spiro atoms. The average Bonchev–Trinajstić information content (AvgIpc) is 3.08. The van der Waals surface area contributed by atoms with Gasteiger partial charge in [-0.1, -0.05) is 22.7 Å². The maximum absolute atomic E-state index is 11.3. The summed E-state index contributed by atoms with van der Waals surface area (Å²) in [7, 11) is -0.724. The third kappa shape index (κ3) is 2.72.